The van der Waals surface area contributed by atoms with Crippen molar-refractivity contribution >= 4 is 72.9 Å². The van der Waals surface area contributed by atoms with Crippen molar-refractivity contribution in [3.05, 3.63) is 71.5 Å². The molecular weight excluding hydrogens is 630 g/mol. The Morgan fingerprint density at radius 2 is 1.84 bits per heavy atom. The second-order valence-electron chi connectivity index (χ2n) is 8.70. The van der Waals surface area contributed by atoms with Gasteiger partial charge in [0.1, 0.15) is 11.9 Å². The first-order chi connectivity index (χ1) is 15.3. The Hall–Kier alpha value is -1.95. The Bertz CT molecular complexity index is 1420. The van der Waals surface area contributed by atoms with Gasteiger partial charge in [-0.05, 0) is 81.3 Å². The zero-order chi connectivity index (χ0) is 22.6. The summed E-state index contributed by atoms with van der Waals surface area (Å²) in [5, 5.41) is 4.78. The summed E-state index contributed by atoms with van der Waals surface area (Å²) in [5.74, 6) is 0.873. The minimum Gasteiger partial charge on any atom is -0.361 e. The summed E-state index contributed by atoms with van der Waals surface area (Å²) in [6.45, 7) is 4.22. The molecule has 1 aliphatic rings. The van der Waals surface area contributed by atoms with E-state index in [0.717, 1.165) is 30.0 Å². The minimum absolute atomic E-state index is 0.128. The third-order valence-electron chi connectivity index (χ3n) is 6.01. The monoisotopic (exact) mass is 652 g/mol. The molecule has 2 N–H and O–H groups in total. The van der Waals surface area contributed by atoms with Gasteiger partial charge in [0, 0.05) is 30.7 Å². The van der Waals surface area contributed by atoms with Gasteiger partial charge in [-0.2, -0.15) is 0 Å². The molecule has 1 amide bonds. The highest BCUT2D eigenvalue weighted by atomic mass is 127. The van der Waals surface area contributed by atoms with Crippen molar-refractivity contribution in [1.82, 2.24) is 19.9 Å². The Kier molecular flexibility index (Phi) is 5.77. The van der Waals surface area contributed by atoms with Gasteiger partial charge in [0.15, 0.2) is 0 Å². The SMILES string of the molecule is CC(C)C[C@@H]1NC(=O)[C@@H](Cc2c[nH]c3ccccc23)n2c1nc1cc(I)c(I)cc1c2=O. The number of fused-ring (bicyclic) bond motifs is 3. The number of aromatic nitrogens is 3. The zero-order valence-corrected chi connectivity index (χ0v) is 22.0. The second-order valence-corrected chi connectivity index (χ2v) is 11.0. The van der Waals surface area contributed by atoms with Crippen LogP contribution in [0, 0.1) is 13.1 Å². The number of carbonyl (C=O) groups is 1. The second kappa shape index (κ2) is 8.44. The molecule has 0 saturated heterocycles. The molecule has 2 atom stereocenters. The number of benzene rings is 2. The number of rotatable bonds is 4. The molecule has 3 heterocycles. The smallest absolute Gasteiger partial charge is 0.262 e. The fourth-order valence-electron chi connectivity index (χ4n) is 4.54. The van der Waals surface area contributed by atoms with Crippen molar-refractivity contribution in [3.63, 3.8) is 0 Å². The van der Waals surface area contributed by atoms with Crippen LogP contribution in [0.4, 0.5) is 0 Å². The van der Waals surface area contributed by atoms with Crippen LogP contribution in [0.2, 0.25) is 0 Å². The highest BCUT2D eigenvalue weighted by molar-refractivity contribution is 14.1. The summed E-state index contributed by atoms with van der Waals surface area (Å²) in [6, 6.07) is 10.9. The predicted molar refractivity (Wildman–Crippen MR) is 143 cm³/mol. The van der Waals surface area contributed by atoms with Crippen LogP contribution in [0.15, 0.2) is 47.4 Å². The van der Waals surface area contributed by atoms with Crippen molar-refractivity contribution in [2.45, 2.75) is 38.8 Å². The van der Waals surface area contributed by atoms with Gasteiger partial charge in [0.2, 0.25) is 5.91 Å². The maximum Gasteiger partial charge on any atom is 0.262 e. The van der Waals surface area contributed by atoms with Crippen LogP contribution in [0.3, 0.4) is 0 Å². The van der Waals surface area contributed by atoms with Crippen LogP contribution in [0.5, 0.6) is 0 Å². The molecule has 2 aromatic carbocycles. The maximum atomic E-state index is 13.7. The molecule has 0 spiro atoms. The van der Waals surface area contributed by atoms with Gasteiger partial charge < -0.3 is 10.3 Å². The molecule has 0 aliphatic carbocycles. The van der Waals surface area contributed by atoms with Gasteiger partial charge in [-0.25, -0.2) is 4.98 Å². The van der Waals surface area contributed by atoms with E-state index in [4.69, 9.17) is 4.98 Å². The molecule has 5 rings (SSSR count). The molecule has 0 radical (unpaired) electrons. The third-order valence-corrected chi connectivity index (χ3v) is 8.82. The van der Waals surface area contributed by atoms with E-state index in [1.54, 1.807) is 4.57 Å². The number of aromatic amines is 1. The van der Waals surface area contributed by atoms with Crippen molar-refractivity contribution in [3.8, 4) is 0 Å². The Morgan fingerprint density at radius 1 is 1.09 bits per heavy atom. The van der Waals surface area contributed by atoms with E-state index in [0.29, 0.717) is 29.1 Å². The van der Waals surface area contributed by atoms with Gasteiger partial charge in [-0.15, -0.1) is 0 Å². The third kappa shape index (κ3) is 3.74. The Morgan fingerprint density at radius 3 is 2.62 bits per heavy atom. The molecule has 1 aliphatic heterocycles. The van der Waals surface area contributed by atoms with E-state index < -0.39 is 6.04 Å². The molecule has 8 heteroatoms. The first-order valence-corrected chi connectivity index (χ1v) is 12.8. The van der Waals surface area contributed by atoms with E-state index >= 15 is 0 Å². The van der Waals surface area contributed by atoms with Gasteiger partial charge >= 0.3 is 0 Å². The fraction of sp³-hybridized carbons (Fsp3) is 0.292. The van der Waals surface area contributed by atoms with Crippen LogP contribution < -0.4 is 10.9 Å². The molecule has 0 unspecified atom stereocenters. The summed E-state index contributed by atoms with van der Waals surface area (Å²) in [7, 11) is 0. The van der Waals surface area contributed by atoms with Crippen molar-refractivity contribution in [1.29, 1.82) is 0 Å². The lowest BCUT2D eigenvalue weighted by molar-refractivity contribution is -0.126. The lowest BCUT2D eigenvalue weighted by Gasteiger charge is -2.33. The molecular formula is C24H22I2N4O2. The highest BCUT2D eigenvalue weighted by Gasteiger charge is 2.36. The molecule has 0 saturated carbocycles. The lowest BCUT2D eigenvalue weighted by atomic mass is 9.96. The molecule has 164 valence electrons. The Balaban J connectivity index is 1.71. The average Bonchev–Trinajstić information content (AvgIpc) is 3.15. The summed E-state index contributed by atoms with van der Waals surface area (Å²) >= 11 is 4.50. The van der Waals surface area contributed by atoms with E-state index in [9.17, 15) is 9.59 Å². The maximum absolute atomic E-state index is 13.7. The first kappa shape index (κ1) is 21.9. The standard InChI is InChI=1S/C24H22I2N4O2/c1-12(2)7-20-22-28-19-10-17(26)16(25)9-15(19)24(32)30(22)21(23(31)29-20)8-13-11-27-18-6-4-3-5-14(13)18/h3-6,9-12,20-21,27H,7-8H2,1-2H3,(H,29,31)/t20-,21+/m0/s1. The average molecular weight is 652 g/mol. The molecule has 6 nitrogen and oxygen atoms in total. The van der Waals surface area contributed by atoms with E-state index in [2.05, 4.69) is 69.3 Å². The van der Waals surface area contributed by atoms with E-state index in [-0.39, 0.29) is 17.5 Å². The van der Waals surface area contributed by atoms with Gasteiger partial charge in [0.25, 0.3) is 5.56 Å². The van der Waals surface area contributed by atoms with Crippen LogP contribution in [-0.2, 0) is 11.2 Å². The number of para-hydroxylation sites is 1. The number of carbonyl (C=O) groups excluding carboxylic acids is 1. The highest BCUT2D eigenvalue weighted by Crippen LogP contribution is 2.31. The fourth-order valence-corrected chi connectivity index (χ4v) is 5.45. The number of hydrogen-bond donors (Lipinski definition) is 2. The van der Waals surface area contributed by atoms with Crippen LogP contribution in [0.25, 0.3) is 21.8 Å². The van der Waals surface area contributed by atoms with Gasteiger partial charge in [0.05, 0.1) is 16.9 Å². The van der Waals surface area contributed by atoms with Crippen molar-refractivity contribution in [2.75, 3.05) is 0 Å². The summed E-state index contributed by atoms with van der Waals surface area (Å²) in [6.07, 6.45) is 3.08. The first-order valence-electron chi connectivity index (χ1n) is 10.6. The largest absolute Gasteiger partial charge is 0.361 e. The summed E-state index contributed by atoms with van der Waals surface area (Å²) in [5.41, 5.74) is 2.57. The quantitative estimate of drug-likeness (QED) is 0.302. The summed E-state index contributed by atoms with van der Waals surface area (Å²) in [4.78, 5) is 35.2. The predicted octanol–water partition coefficient (Wildman–Crippen LogP) is 5.09. The zero-order valence-electron chi connectivity index (χ0n) is 17.7. The normalized spacial score (nSPS) is 18.3. The number of nitrogens with one attached hydrogen (secondary N) is 2. The lowest BCUT2D eigenvalue weighted by Crippen LogP contribution is -2.48. The molecule has 0 bridgehead atoms. The topological polar surface area (TPSA) is 79.8 Å². The van der Waals surface area contributed by atoms with Crippen molar-refractivity contribution in [2.24, 2.45) is 5.92 Å². The number of H-pyrrole nitrogens is 1. The van der Waals surface area contributed by atoms with Crippen LogP contribution >= 0.6 is 45.2 Å². The van der Waals surface area contributed by atoms with Gasteiger partial charge in [-0.1, -0.05) is 32.0 Å². The minimum atomic E-state index is -0.644. The Labute approximate surface area is 212 Å². The van der Waals surface area contributed by atoms with Crippen molar-refractivity contribution < 1.29 is 4.79 Å². The number of amides is 1. The molecule has 32 heavy (non-hydrogen) atoms. The van der Waals surface area contributed by atoms with Crippen LogP contribution in [-0.4, -0.2) is 20.4 Å². The number of halogens is 2. The number of hydrogen-bond acceptors (Lipinski definition) is 3. The number of nitrogens with zero attached hydrogens (tertiary/aromatic N) is 2. The molecule has 0 fully saturated rings. The van der Waals surface area contributed by atoms with E-state index in [1.165, 1.54) is 0 Å². The molecule has 2 aromatic heterocycles. The van der Waals surface area contributed by atoms with Gasteiger partial charge in [-0.3, -0.25) is 14.2 Å². The van der Waals surface area contributed by atoms with E-state index in [1.807, 2.05) is 42.6 Å². The molecule has 4 aromatic rings. The summed E-state index contributed by atoms with van der Waals surface area (Å²) < 4.78 is 3.71. The van der Waals surface area contributed by atoms with Crippen LogP contribution in [0.1, 0.15) is 43.7 Å².